The maximum Gasteiger partial charge on any atom is 0.346 e. The number of hydrogen-bond donors (Lipinski definition) is 2. The Morgan fingerprint density at radius 1 is 1.25 bits per heavy atom. The van der Waals surface area contributed by atoms with Crippen LogP contribution in [0.1, 0.15) is 52.8 Å². The van der Waals surface area contributed by atoms with Crippen molar-refractivity contribution in [3.05, 3.63) is 56.4 Å². The summed E-state index contributed by atoms with van der Waals surface area (Å²) in [5.41, 5.74) is 1.06. The van der Waals surface area contributed by atoms with Crippen LogP contribution in [-0.2, 0) is 0 Å². The maximum atomic E-state index is 12.3. The molecule has 1 aromatic carbocycles. The van der Waals surface area contributed by atoms with Crippen molar-refractivity contribution in [2.45, 2.75) is 33.1 Å². The molecule has 0 aliphatic heterocycles. The number of thiophene rings is 1. The van der Waals surface area contributed by atoms with Crippen molar-refractivity contribution >= 4 is 39.7 Å². The Labute approximate surface area is 166 Å². The molecule has 2 aromatic heterocycles. The van der Waals surface area contributed by atoms with Crippen LogP contribution in [0.3, 0.4) is 0 Å². The minimum absolute atomic E-state index is 0.142. The molecule has 0 fully saturated rings. The summed E-state index contributed by atoms with van der Waals surface area (Å²) in [6.07, 6.45) is 6.91. The Hall–Kier alpha value is -2.93. The number of nitrogens with zero attached hydrogens (tertiary/aromatic N) is 1. The van der Waals surface area contributed by atoms with E-state index < -0.39 is 5.97 Å². The summed E-state index contributed by atoms with van der Waals surface area (Å²) in [6.45, 7) is 4.50. The fourth-order valence-corrected chi connectivity index (χ4v) is 3.86. The van der Waals surface area contributed by atoms with Gasteiger partial charge in [-0.15, -0.1) is 11.3 Å². The monoisotopic (exact) mass is 398 g/mol. The Bertz CT molecular complexity index is 1060. The standard InChI is InChI=1S/C21H22N2O4S/c1-3-4-5-12-27-15-9-6-14(7-10-15)8-11-16-22-19(24)17-13(2)18(21(25)26)28-20(17)23-16/h6-11H,3-5,12H2,1-2H3,(H,25,26)(H,22,23,24)/b11-8+. The molecule has 0 aliphatic rings. The van der Waals surface area contributed by atoms with E-state index in [1.165, 1.54) is 0 Å². The van der Waals surface area contributed by atoms with Crippen molar-refractivity contribution in [2.24, 2.45) is 0 Å². The van der Waals surface area contributed by atoms with Gasteiger partial charge in [0.05, 0.1) is 12.0 Å². The van der Waals surface area contributed by atoms with Gasteiger partial charge in [0.25, 0.3) is 5.56 Å². The third-order valence-electron chi connectivity index (χ3n) is 4.34. The molecule has 28 heavy (non-hydrogen) atoms. The molecule has 3 rings (SSSR count). The van der Waals surface area contributed by atoms with Crippen LogP contribution in [0.4, 0.5) is 0 Å². The Morgan fingerprint density at radius 3 is 2.68 bits per heavy atom. The molecular formula is C21H22N2O4S. The maximum absolute atomic E-state index is 12.3. The van der Waals surface area contributed by atoms with Crippen LogP contribution in [0.2, 0.25) is 0 Å². The van der Waals surface area contributed by atoms with Crippen molar-refractivity contribution in [1.29, 1.82) is 0 Å². The average Bonchev–Trinajstić information content (AvgIpc) is 3.02. The van der Waals surface area contributed by atoms with Crippen molar-refractivity contribution in [2.75, 3.05) is 6.61 Å². The van der Waals surface area contributed by atoms with Gasteiger partial charge in [0.15, 0.2) is 0 Å². The largest absolute Gasteiger partial charge is 0.494 e. The predicted molar refractivity (Wildman–Crippen MR) is 112 cm³/mol. The lowest BCUT2D eigenvalue weighted by Gasteiger charge is -2.05. The normalized spacial score (nSPS) is 11.4. The average molecular weight is 398 g/mol. The van der Waals surface area contributed by atoms with Gasteiger partial charge in [0.1, 0.15) is 21.3 Å². The minimum atomic E-state index is -1.05. The van der Waals surface area contributed by atoms with E-state index in [9.17, 15) is 14.7 Å². The highest BCUT2D eigenvalue weighted by atomic mass is 32.1. The summed E-state index contributed by atoms with van der Waals surface area (Å²) >= 11 is 1.01. The zero-order valence-electron chi connectivity index (χ0n) is 15.8. The number of aryl methyl sites for hydroxylation is 1. The highest BCUT2D eigenvalue weighted by Gasteiger charge is 2.18. The topological polar surface area (TPSA) is 92.3 Å². The third-order valence-corrected chi connectivity index (χ3v) is 5.52. The van der Waals surface area contributed by atoms with Crippen LogP contribution >= 0.6 is 11.3 Å². The number of unbranched alkanes of at least 4 members (excludes halogenated alkanes) is 2. The third kappa shape index (κ3) is 4.48. The van der Waals surface area contributed by atoms with E-state index in [4.69, 9.17) is 4.74 Å². The number of fused-ring (bicyclic) bond motifs is 1. The number of hydrogen-bond acceptors (Lipinski definition) is 5. The molecule has 0 saturated heterocycles. The summed E-state index contributed by atoms with van der Waals surface area (Å²) in [6, 6.07) is 7.68. The van der Waals surface area contributed by atoms with Crippen LogP contribution in [0.5, 0.6) is 5.75 Å². The molecule has 3 aromatic rings. The fraction of sp³-hybridized carbons (Fsp3) is 0.286. The van der Waals surface area contributed by atoms with Gasteiger partial charge in [-0.2, -0.15) is 0 Å². The van der Waals surface area contributed by atoms with Crippen LogP contribution in [-0.4, -0.2) is 27.7 Å². The lowest BCUT2D eigenvalue weighted by atomic mass is 10.2. The molecule has 146 valence electrons. The number of aromatic nitrogens is 2. The lowest BCUT2D eigenvalue weighted by Crippen LogP contribution is -2.09. The molecule has 0 saturated carbocycles. The van der Waals surface area contributed by atoms with Crippen LogP contribution < -0.4 is 10.3 Å². The molecule has 0 radical (unpaired) electrons. The number of aromatic carboxylic acids is 1. The Morgan fingerprint density at radius 2 is 2.00 bits per heavy atom. The highest BCUT2D eigenvalue weighted by molar-refractivity contribution is 7.20. The van der Waals surface area contributed by atoms with Gasteiger partial charge < -0.3 is 14.8 Å². The summed E-state index contributed by atoms with van der Waals surface area (Å²) in [7, 11) is 0. The second-order valence-corrected chi connectivity index (χ2v) is 7.45. The number of carboxylic acid groups (broad SMARTS) is 1. The molecule has 0 amide bonds. The molecule has 0 aliphatic carbocycles. The number of nitrogens with one attached hydrogen (secondary N) is 1. The number of rotatable bonds is 8. The van der Waals surface area contributed by atoms with E-state index in [-0.39, 0.29) is 10.4 Å². The van der Waals surface area contributed by atoms with Crippen molar-refractivity contribution in [3.8, 4) is 5.75 Å². The summed E-state index contributed by atoms with van der Waals surface area (Å²) in [5.74, 6) is 0.168. The van der Waals surface area contributed by atoms with E-state index in [1.807, 2.05) is 30.3 Å². The lowest BCUT2D eigenvalue weighted by molar-refractivity contribution is 0.0701. The molecular weight excluding hydrogens is 376 g/mol. The highest BCUT2D eigenvalue weighted by Crippen LogP contribution is 2.27. The second-order valence-electron chi connectivity index (χ2n) is 6.45. The van der Waals surface area contributed by atoms with Crippen LogP contribution in [0.15, 0.2) is 29.1 Å². The molecule has 2 heterocycles. The van der Waals surface area contributed by atoms with Gasteiger partial charge in [0, 0.05) is 0 Å². The van der Waals surface area contributed by atoms with Crippen molar-refractivity contribution in [3.63, 3.8) is 0 Å². The Kier molecular flexibility index (Phi) is 6.26. The van der Waals surface area contributed by atoms with Crippen molar-refractivity contribution in [1.82, 2.24) is 9.97 Å². The molecule has 0 unspecified atom stereocenters. The Balaban J connectivity index is 1.76. The molecule has 6 nitrogen and oxygen atoms in total. The number of carbonyl (C=O) groups is 1. The number of aromatic amines is 1. The quantitative estimate of drug-likeness (QED) is 0.535. The number of H-pyrrole nitrogens is 1. The van der Waals surface area contributed by atoms with Crippen LogP contribution in [0, 0.1) is 6.92 Å². The summed E-state index contributed by atoms with van der Waals surface area (Å²) in [4.78, 5) is 31.2. The first-order valence-electron chi connectivity index (χ1n) is 9.17. The second kappa shape index (κ2) is 8.84. The van der Waals surface area contributed by atoms with E-state index in [0.717, 1.165) is 41.9 Å². The van der Waals surface area contributed by atoms with Gasteiger partial charge in [-0.25, -0.2) is 9.78 Å². The molecule has 0 bridgehead atoms. The summed E-state index contributed by atoms with van der Waals surface area (Å²) < 4.78 is 5.69. The molecule has 0 atom stereocenters. The molecule has 0 spiro atoms. The van der Waals surface area contributed by atoms with E-state index in [0.29, 0.717) is 28.2 Å². The van der Waals surface area contributed by atoms with E-state index >= 15 is 0 Å². The zero-order valence-corrected chi connectivity index (χ0v) is 16.6. The summed E-state index contributed by atoms with van der Waals surface area (Å²) in [5, 5.41) is 9.57. The van der Waals surface area contributed by atoms with Gasteiger partial charge in [0.2, 0.25) is 0 Å². The molecule has 7 heteroatoms. The first-order chi connectivity index (χ1) is 13.5. The first kappa shape index (κ1) is 19.8. The fourth-order valence-electron chi connectivity index (χ4n) is 2.84. The first-order valence-corrected chi connectivity index (χ1v) is 9.99. The van der Waals surface area contributed by atoms with E-state index in [1.54, 1.807) is 13.0 Å². The van der Waals surface area contributed by atoms with Gasteiger partial charge >= 0.3 is 5.97 Å². The predicted octanol–water partition coefficient (Wildman–Crippen LogP) is 4.73. The molecule has 2 N–H and O–H groups in total. The zero-order chi connectivity index (χ0) is 20.1. The van der Waals surface area contributed by atoms with Crippen LogP contribution in [0.25, 0.3) is 22.4 Å². The van der Waals surface area contributed by atoms with Gasteiger partial charge in [-0.1, -0.05) is 38.0 Å². The minimum Gasteiger partial charge on any atom is -0.494 e. The van der Waals surface area contributed by atoms with Crippen molar-refractivity contribution < 1.29 is 14.6 Å². The number of ether oxygens (including phenoxy) is 1. The SMILES string of the molecule is CCCCCOc1ccc(/C=C/c2nc3sc(C(=O)O)c(C)c3c(=O)[nH]2)cc1. The van der Waals surface area contributed by atoms with Gasteiger partial charge in [-0.3, -0.25) is 4.79 Å². The number of carboxylic acids is 1. The van der Waals surface area contributed by atoms with Gasteiger partial charge in [-0.05, 0) is 42.7 Å². The number of benzene rings is 1. The smallest absolute Gasteiger partial charge is 0.346 e. The van der Waals surface area contributed by atoms with E-state index in [2.05, 4.69) is 16.9 Å².